The Labute approximate surface area is 260 Å². The third-order valence-electron chi connectivity index (χ3n) is 7.17. The zero-order valence-electron chi connectivity index (χ0n) is 26.8. The van der Waals surface area contributed by atoms with Gasteiger partial charge in [-0.05, 0) is 99.7 Å². The van der Waals surface area contributed by atoms with E-state index in [4.69, 9.17) is 9.47 Å². The molecule has 0 aromatic heterocycles. The van der Waals surface area contributed by atoms with Crippen molar-refractivity contribution in [3.8, 4) is 11.5 Å². The summed E-state index contributed by atoms with van der Waals surface area (Å²) in [4.78, 5) is 43.2. The van der Waals surface area contributed by atoms with E-state index >= 15 is 0 Å². The van der Waals surface area contributed by atoms with Crippen molar-refractivity contribution < 1.29 is 29.0 Å². The molecule has 44 heavy (non-hydrogen) atoms. The number of hydrogen-bond donors (Lipinski definition) is 3. The zero-order valence-corrected chi connectivity index (χ0v) is 26.8. The van der Waals surface area contributed by atoms with Crippen LogP contribution in [-0.2, 0) is 20.7 Å². The molecule has 2 atom stereocenters. The molecule has 0 bridgehead atoms. The van der Waals surface area contributed by atoms with E-state index in [0.29, 0.717) is 23.4 Å². The lowest BCUT2D eigenvalue weighted by atomic mass is 9.97. The first-order valence-corrected chi connectivity index (χ1v) is 14.9. The smallest absolute Gasteiger partial charge is 0.408 e. The number of amides is 3. The van der Waals surface area contributed by atoms with Crippen molar-refractivity contribution in [1.82, 2.24) is 10.2 Å². The fraction of sp³-hybridized carbons (Fsp3) is 0.400. The van der Waals surface area contributed by atoms with Gasteiger partial charge in [-0.1, -0.05) is 43.7 Å². The normalized spacial score (nSPS) is 12.5. The van der Waals surface area contributed by atoms with E-state index in [1.54, 1.807) is 69.2 Å². The van der Waals surface area contributed by atoms with E-state index in [0.717, 1.165) is 23.1 Å². The van der Waals surface area contributed by atoms with Crippen LogP contribution in [-0.4, -0.2) is 53.2 Å². The predicted octanol–water partition coefficient (Wildman–Crippen LogP) is 6.46. The molecule has 2 unspecified atom stereocenters. The van der Waals surface area contributed by atoms with Crippen molar-refractivity contribution in [2.24, 2.45) is 0 Å². The minimum Gasteiger partial charge on any atom is -0.508 e. The summed E-state index contributed by atoms with van der Waals surface area (Å²) in [5, 5.41) is 15.5. The Kier molecular flexibility index (Phi) is 11.8. The number of rotatable bonds is 12. The number of phenolic OH excluding ortho intramolecular Hbond substituents is 1. The van der Waals surface area contributed by atoms with Crippen LogP contribution in [0.15, 0.2) is 66.7 Å². The molecule has 9 heteroatoms. The summed E-state index contributed by atoms with van der Waals surface area (Å²) in [5.41, 5.74) is 3.20. The second-order valence-corrected chi connectivity index (χ2v) is 11.9. The van der Waals surface area contributed by atoms with Gasteiger partial charge in [-0.2, -0.15) is 0 Å². The number of aryl methyl sites for hydroxylation is 2. The summed E-state index contributed by atoms with van der Waals surface area (Å²) in [6.07, 6.45) is 0.809. The topological polar surface area (TPSA) is 117 Å². The zero-order chi connectivity index (χ0) is 32.4. The molecule has 9 nitrogen and oxygen atoms in total. The standard InChI is InChI=1S/C35H45N3O6/c1-8-9-20-38(33(41)30(37-34(42)44-35(4,5)6)22-25-11-16-28(39)17-12-25)31(26-13-10-23(2)24(3)21-26)32(40)36-27-14-18-29(43-7)19-15-27/h10-19,21,30-31,39H,8-9,20,22H2,1-7H3,(H,36,40)(H,37,42). The highest BCUT2D eigenvalue weighted by Gasteiger charge is 2.36. The first kappa shape index (κ1) is 34.0. The van der Waals surface area contributed by atoms with Gasteiger partial charge in [0.25, 0.3) is 5.91 Å². The van der Waals surface area contributed by atoms with Gasteiger partial charge in [0.2, 0.25) is 5.91 Å². The Morgan fingerprint density at radius 1 is 0.932 bits per heavy atom. The van der Waals surface area contributed by atoms with Gasteiger partial charge < -0.3 is 30.1 Å². The summed E-state index contributed by atoms with van der Waals surface area (Å²) < 4.78 is 10.8. The molecule has 0 radical (unpaired) electrons. The van der Waals surface area contributed by atoms with E-state index in [1.165, 1.54) is 12.1 Å². The number of methoxy groups -OCH3 is 1. The molecule has 0 saturated carbocycles. The van der Waals surface area contributed by atoms with Crippen LogP contribution in [0, 0.1) is 13.8 Å². The molecule has 0 aliphatic rings. The number of phenols is 1. The number of aromatic hydroxyl groups is 1. The summed E-state index contributed by atoms with van der Waals surface area (Å²) in [7, 11) is 1.57. The van der Waals surface area contributed by atoms with Crippen LogP contribution in [0.2, 0.25) is 0 Å². The summed E-state index contributed by atoms with van der Waals surface area (Å²) >= 11 is 0. The molecule has 3 aromatic carbocycles. The Morgan fingerprint density at radius 2 is 1.59 bits per heavy atom. The predicted molar refractivity (Wildman–Crippen MR) is 172 cm³/mol. The van der Waals surface area contributed by atoms with Crippen LogP contribution >= 0.6 is 0 Å². The van der Waals surface area contributed by atoms with Crippen molar-refractivity contribution in [1.29, 1.82) is 0 Å². The minimum atomic E-state index is -1.05. The van der Waals surface area contributed by atoms with Crippen LogP contribution in [0.25, 0.3) is 0 Å². The first-order chi connectivity index (χ1) is 20.8. The number of unbranched alkanes of at least 4 members (excludes halogenated alkanes) is 1. The highest BCUT2D eigenvalue weighted by molar-refractivity contribution is 5.99. The minimum absolute atomic E-state index is 0.0892. The highest BCUT2D eigenvalue weighted by Crippen LogP contribution is 2.28. The van der Waals surface area contributed by atoms with E-state index in [-0.39, 0.29) is 24.6 Å². The van der Waals surface area contributed by atoms with Gasteiger partial charge in [0.1, 0.15) is 29.2 Å². The van der Waals surface area contributed by atoms with Gasteiger partial charge in [-0.3, -0.25) is 9.59 Å². The number of carbonyl (C=O) groups is 3. The van der Waals surface area contributed by atoms with Crippen LogP contribution in [0.3, 0.4) is 0 Å². The molecular formula is C35H45N3O6. The lowest BCUT2D eigenvalue weighted by Gasteiger charge is -2.35. The van der Waals surface area contributed by atoms with Crippen molar-refractivity contribution in [2.75, 3.05) is 19.0 Å². The molecule has 0 heterocycles. The van der Waals surface area contributed by atoms with Crippen molar-refractivity contribution in [2.45, 2.75) is 78.5 Å². The highest BCUT2D eigenvalue weighted by atomic mass is 16.6. The van der Waals surface area contributed by atoms with E-state index in [1.807, 2.05) is 39.0 Å². The van der Waals surface area contributed by atoms with Gasteiger partial charge in [-0.15, -0.1) is 0 Å². The lowest BCUT2D eigenvalue weighted by molar-refractivity contribution is -0.140. The molecule has 0 fully saturated rings. The molecule has 3 aromatic rings. The maximum atomic E-state index is 14.5. The number of carbonyl (C=O) groups excluding carboxylic acids is 3. The number of ether oxygens (including phenoxy) is 2. The molecule has 3 amide bonds. The number of anilines is 1. The molecule has 0 spiro atoms. The van der Waals surface area contributed by atoms with E-state index in [9.17, 15) is 19.5 Å². The van der Waals surface area contributed by atoms with Crippen LogP contribution in [0.4, 0.5) is 10.5 Å². The molecule has 0 aliphatic heterocycles. The SMILES string of the molecule is CCCCN(C(=O)C(Cc1ccc(O)cc1)NC(=O)OC(C)(C)C)C(C(=O)Nc1ccc(OC)cc1)c1ccc(C)c(C)c1. The second kappa shape index (κ2) is 15.3. The average molecular weight is 604 g/mol. The summed E-state index contributed by atoms with van der Waals surface area (Å²) in [5.74, 6) is -0.0703. The Bertz CT molecular complexity index is 1410. The molecule has 3 rings (SSSR count). The van der Waals surface area contributed by atoms with Crippen molar-refractivity contribution in [3.63, 3.8) is 0 Å². The number of hydrogen-bond acceptors (Lipinski definition) is 6. The molecule has 236 valence electrons. The number of alkyl carbamates (subject to hydrolysis) is 1. The second-order valence-electron chi connectivity index (χ2n) is 11.9. The van der Waals surface area contributed by atoms with E-state index in [2.05, 4.69) is 10.6 Å². The van der Waals surface area contributed by atoms with Crippen molar-refractivity contribution >= 4 is 23.6 Å². The maximum Gasteiger partial charge on any atom is 0.408 e. The van der Waals surface area contributed by atoms with Crippen LogP contribution < -0.4 is 15.4 Å². The average Bonchev–Trinajstić information content (AvgIpc) is 2.96. The number of nitrogens with zero attached hydrogens (tertiary/aromatic N) is 1. The van der Waals surface area contributed by atoms with Gasteiger partial charge in [-0.25, -0.2) is 4.79 Å². The summed E-state index contributed by atoms with van der Waals surface area (Å²) in [6, 6.07) is 17.1. The maximum absolute atomic E-state index is 14.5. The largest absolute Gasteiger partial charge is 0.508 e. The van der Waals surface area contributed by atoms with Crippen molar-refractivity contribution in [3.05, 3.63) is 89.0 Å². The Balaban J connectivity index is 2.07. The summed E-state index contributed by atoms with van der Waals surface area (Å²) in [6.45, 7) is 11.5. The fourth-order valence-corrected chi connectivity index (χ4v) is 4.71. The molecule has 0 aliphatic carbocycles. The Hall–Kier alpha value is -4.53. The van der Waals surface area contributed by atoms with Gasteiger partial charge >= 0.3 is 6.09 Å². The molecule has 0 saturated heterocycles. The fourth-order valence-electron chi connectivity index (χ4n) is 4.71. The van der Waals surface area contributed by atoms with Gasteiger partial charge in [0.15, 0.2) is 0 Å². The molecule has 3 N–H and O–H groups in total. The molecular weight excluding hydrogens is 558 g/mol. The number of nitrogens with one attached hydrogen (secondary N) is 2. The number of benzene rings is 3. The quantitative estimate of drug-likeness (QED) is 0.219. The lowest BCUT2D eigenvalue weighted by Crippen LogP contribution is -2.53. The van der Waals surface area contributed by atoms with Crippen LogP contribution in [0.1, 0.15) is 68.8 Å². The monoisotopic (exact) mass is 603 g/mol. The third-order valence-corrected chi connectivity index (χ3v) is 7.17. The van der Waals surface area contributed by atoms with Gasteiger partial charge in [0, 0.05) is 18.7 Å². The third kappa shape index (κ3) is 9.76. The first-order valence-electron chi connectivity index (χ1n) is 14.9. The van der Waals surface area contributed by atoms with Crippen LogP contribution in [0.5, 0.6) is 11.5 Å². The van der Waals surface area contributed by atoms with Gasteiger partial charge in [0.05, 0.1) is 7.11 Å². The van der Waals surface area contributed by atoms with E-state index < -0.39 is 29.7 Å². The Morgan fingerprint density at radius 3 is 2.16 bits per heavy atom.